The molecule has 0 saturated carbocycles. The van der Waals surface area contributed by atoms with Crippen molar-refractivity contribution in [2.24, 2.45) is 0 Å². The molecule has 0 atom stereocenters. The normalized spacial score (nSPS) is 14.5. The van der Waals surface area contributed by atoms with Crippen molar-refractivity contribution in [3.8, 4) is 0 Å². The van der Waals surface area contributed by atoms with Crippen molar-refractivity contribution in [1.29, 1.82) is 0 Å². The molecular formula is C19H24N4O. The van der Waals surface area contributed by atoms with Gasteiger partial charge in [-0.1, -0.05) is 30.3 Å². The predicted octanol–water partition coefficient (Wildman–Crippen LogP) is 3.13. The summed E-state index contributed by atoms with van der Waals surface area (Å²) in [6, 6.07) is 10.0. The van der Waals surface area contributed by atoms with E-state index >= 15 is 0 Å². The van der Waals surface area contributed by atoms with E-state index in [4.69, 9.17) is 0 Å². The Hall–Kier alpha value is -2.43. The van der Waals surface area contributed by atoms with Gasteiger partial charge < -0.3 is 9.80 Å². The fourth-order valence-electron chi connectivity index (χ4n) is 3.01. The average Bonchev–Trinajstić information content (AvgIpc) is 2.67. The smallest absolute Gasteiger partial charge is 0.274 e. The molecule has 1 fully saturated rings. The lowest BCUT2D eigenvalue weighted by atomic mass is 10.1. The van der Waals surface area contributed by atoms with Crippen molar-refractivity contribution in [3.05, 3.63) is 54.0 Å². The molecule has 0 bridgehead atoms. The maximum absolute atomic E-state index is 12.7. The summed E-state index contributed by atoms with van der Waals surface area (Å²) in [7, 11) is 0. The summed E-state index contributed by atoms with van der Waals surface area (Å²) in [5, 5.41) is 0. The molecule has 0 unspecified atom stereocenters. The second-order valence-corrected chi connectivity index (χ2v) is 6.11. The molecule has 24 heavy (non-hydrogen) atoms. The van der Waals surface area contributed by atoms with Crippen LogP contribution in [0, 0.1) is 0 Å². The molecule has 126 valence electrons. The zero-order valence-corrected chi connectivity index (χ0v) is 14.2. The summed E-state index contributed by atoms with van der Waals surface area (Å²) in [6.45, 7) is 5.26. The predicted molar refractivity (Wildman–Crippen MR) is 95.0 cm³/mol. The molecule has 0 radical (unpaired) electrons. The first-order valence-electron chi connectivity index (χ1n) is 8.68. The van der Waals surface area contributed by atoms with Crippen LogP contribution in [0.4, 0.5) is 5.82 Å². The fourth-order valence-corrected chi connectivity index (χ4v) is 3.01. The van der Waals surface area contributed by atoms with Gasteiger partial charge >= 0.3 is 0 Å². The minimum absolute atomic E-state index is 0.0703. The standard InChI is InChI=1S/C19H24N4O/c1-2-22(15-16-9-5-3-6-10-16)19(24)17-13-21-18(14-20-17)23-11-7-4-8-12-23/h3,5-6,9-10,13-14H,2,4,7-8,11-12,15H2,1H3. The summed E-state index contributed by atoms with van der Waals surface area (Å²) in [5.74, 6) is 0.802. The average molecular weight is 324 g/mol. The Bertz CT molecular complexity index is 651. The Morgan fingerprint density at radius 1 is 1.08 bits per heavy atom. The van der Waals surface area contributed by atoms with Crippen LogP contribution in [-0.4, -0.2) is 40.4 Å². The molecule has 0 N–H and O–H groups in total. The molecule has 0 spiro atoms. The van der Waals surface area contributed by atoms with Crippen LogP contribution in [0.5, 0.6) is 0 Å². The van der Waals surface area contributed by atoms with Gasteiger partial charge in [0.25, 0.3) is 5.91 Å². The van der Waals surface area contributed by atoms with Crippen LogP contribution in [0.3, 0.4) is 0 Å². The van der Waals surface area contributed by atoms with Crippen molar-refractivity contribution >= 4 is 11.7 Å². The van der Waals surface area contributed by atoms with Gasteiger partial charge in [0.2, 0.25) is 0 Å². The number of hydrogen-bond acceptors (Lipinski definition) is 4. The van der Waals surface area contributed by atoms with E-state index in [1.54, 1.807) is 17.3 Å². The number of aromatic nitrogens is 2. The summed E-state index contributed by atoms with van der Waals surface area (Å²) < 4.78 is 0. The summed E-state index contributed by atoms with van der Waals surface area (Å²) in [4.78, 5) is 25.5. The minimum Gasteiger partial charge on any atom is -0.355 e. The Morgan fingerprint density at radius 2 is 1.83 bits per heavy atom. The van der Waals surface area contributed by atoms with Crippen LogP contribution in [0.1, 0.15) is 42.2 Å². The number of piperidine rings is 1. The van der Waals surface area contributed by atoms with Crippen LogP contribution in [-0.2, 0) is 6.54 Å². The molecule has 2 aromatic rings. The lowest BCUT2D eigenvalue weighted by Gasteiger charge is -2.27. The first-order valence-corrected chi connectivity index (χ1v) is 8.68. The van der Waals surface area contributed by atoms with Crippen molar-refractivity contribution in [2.45, 2.75) is 32.7 Å². The van der Waals surface area contributed by atoms with E-state index in [2.05, 4.69) is 14.9 Å². The van der Waals surface area contributed by atoms with Gasteiger partial charge in [0, 0.05) is 26.2 Å². The molecule has 5 nitrogen and oxygen atoms in total. The van der Waals surface area contributed by atoms with Crippen LogP contribution in [0.2, 0.25) is 0 Å². The SMILES string of the molecule is CCN(Cc1ccccc1)C(=O)c1cnc(N2CCCCC2)cn1. The lowest BCUT2D eigenvalue weighted by Crippen LogP contribution is -2.32. The fraction of sp³-hybridized carbons (Fsp3) is 0.421. The Balaban J connectivity index is 1.68. The molecule has 1 aromatic carbocycles. The highest BCUT2D eigenvalue weighted by molar-refractivity contribution is 5.92. The third kappa shape index (κ3) is 3.91. The highest BCUT2D eigenvalue weighted by atomic mass is 16.2. The molecule has 5 heteroatoms. The van der Waals surface area contributed by atoms with E-state index in [0.29, 0.717) is 18.8 Å². The van der Waals surface area contributed by atoms with Crippen molar-refractivity contribution in [2.75, 3.05) is 24.5 Å². The number of benzene rings is 1. The van der Waals surface area contributed by atoms with Crippen LogP contribution >= 0.6 is 0 Å². The second-order valence-electron chi connectivity index (χ2n) is 6.11. The second kappa shape index (κ2) is 7.90. The molecule has 1 aliphatic heterocycles. The molecule has 1 amide bonds. The number of amides is 1. The summed E-state index contributed by atoms with van der Waals surface area (Å²) in [5.41, 5.74) is 1.53. The third-order valence-corrected chi connectivity index (χ3v) is 4.42. The molecular weight excluding hydrogens is 300 g/mol. The van der Waals surface area contributed by atoms with Gasteiger partial charge in [-0.05, 0) is 31.7 Å². The Kier molecular flexibility index (Phi) is 5.41. The van der Waals surface area contributed by atoms with Crippen LogP contribution < -0.4 is 4.90 Å². The van der Waals surface area contributed by atoms with E-state index in [0.717, 1.165) is 24.5 Å². The molecule has 2 heterocycles. The number of rotatable bonds is 5. The van der Waals surface area contributed by atoms with E-state index in [9.17, 15) is 4.79 Å². The number of anilines is 1. The quantitative estimate of drug-likeness (QED) is 0.848. The molecule has 1 aromatic heterocycles. The first-order chi connectivity index (χ1) is 11.8. The van der Waals surface area contributed by atoms with Gasteiger partial charge in [0.05, 0.1) is 12.4 Å². The third-order valence-electron chi connectivity index (χ3n) is 4.42. The van der Waals surface area contributed by atoms with Gasteiger partial charge in [0.15, 0.2) is 0 Å². The van der Waals surface area contributed by atoms with Gasteiger partial charge in [-0.3, -0.25) is 4.79 Å². The molecule has 3 rings (SSSR count). The van der Waals surface area contributed by atoms with Crippen molar-refractivity contribution in [1.82, 2.24) is 14.9 Å². The number of carbonyl (C=O) groups is 1. The zero-order chi connectivity index (χ0) is 16.8. The first kappa shape index (κ1) is 16.4. The Morgan fingerprint density at radius 3 is 2.46 bits per heavy atom. The molecule has 1 aliphatic rings. The largest absolute Gasteiger partial charge is 0.355 e. The van der Waals surface area contributed by atoms with Crippen LogP contribution in [0.15, 0.2) is 42.7 Å². The van der Waals surface area contributed by atoms with E-state index < -0.39 is 0 Å². The number of hydrogen-bond donors (Lipinski definition) is 0. The van der Waals surface area contributed by atoms with Gasteiger partial charge in [0.1, 0.15) is 11.5 Å². The van der Waals surface area contributed by atoms with Gasteiger partial charge in [-0.15, -0.1) is 0 Å². The monoisotopic (exact) mass is 324 g/mol. The Labute approximate surface area is 143 Å². The van der Waals surface area contributed by atoms with Crippen molar-refractivity contribution < 1.29 is 4.79 Å². The van der Waals surface area contributed by atoms with Gasteiger partial charge in [-0.25, -0.2) is 9.97 Å². The number of carbonyl (C=O) groups excluding carboxylic acids is 1. The van der Waals surface area contributed by atoms with Crippen LogP contribution in [0.25, 0.3) is 0 Å². The molecule has 1 saturated heterocycles. The van der Waals surface area contributed by atoms with Gasteiger partial charge in [-0.2, -0.15) is 0 Å². The lowest BCUT2D eigenvalue weighted by molar-refractivity contribution is 0.0746. The topological polar surface area (TPSA) is 49.3 Å². The van der Waals surface area contributed by atoms with E-state index in [-0.39, 0.29) is 5.91 Å². The maximum atomic E-state index is 12.7. The highest BCUT2D eigenvalue weighted by Gasteiger charge is 2.18. The minimum atomic E-state index is -0.0703. The maximum Gasteiger partial charge on any atom is 0.274 e. The zero-order valence-electron chi connectivity index (χ0n) is 14.2. The number of nitrogens with zero attached hydrogens (tertiary/aromatic N) is 4. The summed E-state index contributed by atoms with van der Waals surface area (Å²) in [6.07, 6.45) is 7.02. The van der Waals surface area contributed by atoms with Crippen molar-refractivity contribution in [3.63, 3.8) is 0 Å². The summed E-state index contributed by atoms with van der Waals surface area (Å²) >= 11 is 0. The molecule has 0 aliphatic carbocycles. The highest BCUT2D eigenvalue weighted by Crippen LogP contribution is 2.17. The van der Waals surface area contributed by atoms with E-state index in [1.165, 1.54) is 19.3 Å². The van der Waals surface area contributed by atoms with E-state index in [1.807, 2.05) is 37.3 Å².